The van der Waals surface area contributed by atoms with Crippen LogP contribution in [0.2, 0.25) is 0 Å². The van der Waals surface area contributed by atoms with Crippen molar-refractivity contribution in [2.45, 2.75) is 95.7 Å². The molecule has 138 valence electrons. The maximum atomic E-state index is 11.1. The number of ether oxygens (including phenoxy) is 1. The van der Waals surface area contributed by atoms with Gasteiger partial charge in [0, 0.05) is 0 Å². The molecule has 1 aromatic carbocycles. The SMILES string of the molecule is CCCCCCCC(c1ccccc1C1OC1C=O)C1CCCCC1. The number of aldehydes is 1. The van der Waals surface area contributed by atoms with Crippen LogP contribution in [0.5, 0.6) is 0 Å². The first kappa shape index (κ1) is 18.6. The van der Waals surface area contributed by atoms with E-state index in [2.05, 4.69) is 31.2 Å². The summed E-state index contributed by atoms with van der Waals surface area (Å²) in [5, 5.41) is 0. The van der Waals surface area contributed by atoms with E-state index in [1.165, 1.54) is 81.8 Å². The second-order valence-electron chi connectivity index (χ2n) is 7.99. The van der Waals surface area contributed by atoms with Gasteiger partial charge in [0.05, 0.1) is 0 Å². The maximum absolute atomic E-state index is 11.1. The third-order valence-corrected chi connectivity index (χ3v) is 6.20. The van der Waals surface area contributed by atoms with Gasteiger partial charge in [0.15, 0.2) is 6.29 Å². The van der Waals surface area contributed by atoms with Crippen molar-refractivity contribution in [3.63, 3.8) is 0 Å². The molecular formula is C23H34O2. The first-order chi connectivity index (χ1) is 12.3. The van der Waals surface area contributed by atoms with E-state index in [9.17, 15) is 4.79 Å². The van der Waals surface area contributed by atoms with Gasteiger partial charge in [-0.3, -0.25) is 0 Å². The van der Waals surface area contributed by atoms with E-state index >= 15 is 0 Å². The lowest BCUT2D eigenvalue weighted by molar-refractivity contribution is -0.108. The molecule has 0 spiro atoms. The third kappa shape index (κ3) is 4.94. The molecule has 0 radical (unpaired) electrons. The van der Waals surface area contributed by atoms with Crippen molar-refractivity contribution < 1.29 is 9.53 Å². The summed E-state index contributed by atoms with van der Waals surface area (Å²) < 4.78 is 5.62. The molecule has 3 unspecified atom stereocenters. The average molecular weight is 343 g/mol. The summed E-state index contributed by atoms with van der Waals surface area (Å²) in [6.45, 7) is 2.28. The Morgan fingerprint density at radius 3 is 2.56 bits per heavy atom. The molecule has 2 heteroatoms. The molecule has 3 atom stereocenters. The number of rotatable bonds is 10. The molecule has 2 fully saturated rings. The fraction of sp³-hybridized carbons (Fsp3) is 0.696. The molecule has 0 aromatic heterocycles. The quantitative estimate of drug-likeness (QED) is 0.282. The van der Waals surface area contributed by atoms with E-state index in [4.69, 9.17) is 4.74 Å². The zero-order valence-corrected chi connectivity index (χ0v) is 15.8. The van der Waals surface area contributed by atoms with E-state index in [1.54, 1.807) is 0 Å². The van der Waals surface area contributed by atoms with Gasteiger partial charge in [0.1, 0.15) is 12.2 Å². The summed E-state index contributed by atoms with van der Waals surface area (Å²) in [5.74, 6) is 1.46. The average Bonchev–Trinajstić information content (AvgIpc) is 3.45. The monoisotopic (exact) mass is 342 g/mol. The van der Waals surface area contributed by atoms with E-state index < -0.39 is 0 Å². The first-order valence-corrected chi connectivity index (χ1v) is 10.5. The highest BCUT2D eigenvalue weighted by Crippen LogP contribution is 2.46. The lowest BCUT2D eigenvalue weighted by Gasteiger charge is -2.32. The van der Waals surface area contributed by atoms with Crippen LogP contribution >= 0.6 is 0 Å². The van der Waals surface area contributed by atoms with Crippen molar-refractivity contribution in [1.29, 1.82) is 0 Å². The van der Waals surface area contributed by atoms with Gasteiger partial charge in [-0.05, 0) is 42.2 Å². The minimum Gasteiger partial charge on any atom is -0.356 e. The first-order valence-electron chi connectivity index (χ1n) is 10.5. The van der Waals surface area contributed by atoms with Gasteiger partial charge in [-0.15, -0.1) is 0 Å². The second kappa shape index (κ2) is 9.52. The largest absolute Gasteiger partial charge is 0.356 e. The number of carbonyl (C=O) groups is 1. The predicted molar refractivity (Wildman–Crippen MR) is 103 cm³/mol. The van der Waals surface area contributed by atoms with Crippen LogP contribution in [0.15, 0.2) is 24.3 Å². The minimum atomic E-state index is -0.210. The zero-order chi connectivity index (χ0) is 17.5. The Hall–Kier alpha value is -1.15. The number of carbonyl (C=O) groups excluding carboxylic acids is 1. The summed E-state index contributed by atoms with van der Waals surface area (Å²) in [4.78, 5) is 11.1. The molecule has 0 N–H and O–H groups in total. The summed E-state index contributed by atoms with van der Waals surface area (Å²) in [6, 6.07) is 8.77. The van der Waals surface area contributed by atoms with E-state index in [0.717, 1.165) is 12.2 Å². The summed E-state index contributed by atoms with van der Waals surface area (Å²) in [6.07, 6.45) is 15.7. The van der Waals surface area contributed by atoms with Crippen LogP contribution in [0.1, 0.15) is 101 Å². The Kier molecular flexibility index (Phi) is 7.10. The van der Waals surface area contributed by atoms with Gasteiger partial charge in [0.2, 0.25) is 0 Å². The Balaban J connectivity index is 1.73. The Morgan fingerprint density at radius 2 is 1.84 bits per heavy atom. The number of hydrogen-bond donors (Lipinski definition) is 0. The van der Waals surface area contributed by atoms with E-state index in [-0.39, 0.29) is 12.2 Å². The molecule has 2 aliphatic rings. The molecule has 1 heterocycles. The van der Waals surface area contributed by atoms with Crippen molar-refractivity contribution in [1.82, 2.24) is 0 Å². The summed E-state index contributed by atoms with van der Waals surface area (Å²) >= 11 is 0. The van der Waals surface area contributed by atoms with Crippen LogP contribution in [0.4, 0.5) is 0 Å². The summed E-state index contributed by atoms with van der Waals surface area (Å²) in [5.41, 5.74) is 2.75. The number of hydrogen-bond acceptors (Lipinski definition) is 2. The Bertz CT molecular complexity index is 533. The van der Waals surface area contributed by atoms with Crippen molar-refractivity contribution in [3.8, 4) is 0 Å². The Morgan fingerprint density at radius 1 is 1.08 bits per heavy atom. The predicted octanol–water partition coefficient (Wildman–Crippen LogP) is 6.35. The van der Waals surface area contributed by atoms with Crippen LogP contribution in [-0.2, 0) is 9.53 Å². The van der Waals surface area contributed by atoms with Crippen LogP contribution < -0.4 is 0 Å². The standard InChI is InChI=1S/C23H34O2/c1-2-3-4-5-9-14-19(18-12-7-6-8-13-18)20-15-10-11-16-21(20)23-22(17-24)25-23/h10-11,15-19,22-23H,2-9,12-14H2,1H3. The Labute approximate surface area is 153 Å². The molecule has 1 saturated carbocycles. The third-order valence-electron chi connectivity index (χ3n) is 6.20. The number of epoxide rings is 1. The number of unbranched alkanes of at least 4 members (excludes halogenated alkanes) is 4. The van der Waals surface area contributed by atoms with Gasteiger partial charge >= 0.3 is 0 Å². The van der Waals surface area contributed by atoms with E-state index in [1.807, 2.05) is 0 Å². The minimum absolute atomic E-state index is 0.0138. The van der Waals surface area contributed by atoms with Crippen molar-refractivity contribution in [2.75, 3.05) is 0 Å². The van der Waals surface area contributed by atoms with Crippen molar-refractivity contribution >= 4 is 6.29 Å². The molecule has 1 aromatic rings. The van der Waals surface area contributed by atoms with Gasteiger partial charge < -0.3 is 9.53 Å². The lowest BCUT2D eigenvalue weighted by Crippen LogP contribution is -2.18. The highest BCUT2D eigenvalue weighted by molar-refractivity contribution is 5.62. The second-order valence-corrected chi connectivity index (χ2v) is 7.99. The van der Waals surface area contributed by atoms with Crippen molar-refractivity contribution in [3.05, 3.63) is 35.4 Å². The smallest absolute Gasteiger partial charge is 0.151 e. The lowest BCUT2D eigenvalue weighted by atomic mass is 9.73. The van der Waals surface area contributed by atoms with Crippen LogP contribution in [0, 0.1) is 5.92 Å². The topological polar surface area (TPSA) is 29.6 Å². The molecule has 25 heavy (non-hydrogen) atoms. The molecule has 1 aliphatic carbocycles. The molecule has 2 nitrogen and oxygen atoms in total. The van der Waals surface area contributed by atoms with Crippen molar-refractivity contribution in [2.24, 2.45) is 5.92 Å². The normalized spacial score (nSPS) is 24.8. The van der Waals surface area contributed by atoms with Gasteiger partial charge in [-0.2, -0.15) is 0 Å². The van der Waals surface area contributed by atoms with Crippen LogP contribution in [-0.4, -0.2) is 12.4 Å². The van der Waals surface area contributed by atoms with Gasteiger partial charge in [-0.25, -0.2) is 0 Å². The highest BCUT2D eigenvalue weighted by Gasteiger charge is 2.42. The molecule has 0 amide bonds. The van der Waals surface area contributed by atoms with Gasteiger partial charge in [-0.1, -0.05) is 82.6 Å². The molecule has 0 bridgehead atoms. The van der Waals surface area contributed by atoms with Crippen LogP contribution in [0.3, 0.4) is 0 Å². The fourth-order valence-corrected chi connectivity index (χ4v) is 4.73. The molecule has 1 saturated heterocycles. The number of benzene rings is 1. The maximum Gasteiger partial charge on any atom is 0.151 e. The molecular weight excluding hydrogens is 308 g/mol. The zero-order valence-electron chi connectivity index (χ0n) is 15.8. The van der Waals surface area contributed by atoms with E-state index in [0.29, 0.717) is 5.92 Å². The highest BCUT2D eigenvalue weighted by atomic mass is 16.6. The molecule has 1 aliphatic heterocycles. The fourth-order valence-electron chi connectivity index (χ4n) is 4.73. The molecule has 3 rings (SSSR count). The summed E-state index contributed by atoms with van der Waals surface area (Å²) in [7, 11) is 0. The van der Waals surface area contributed by atoms with Crippen LogP contribution in [0.25, 0.3) is 0 Å². The van der Waals surface area contributed by atoms with Gasteiger partial charge in [0.25, 0.3) is 0 Å².